The third kappa shape index (κ3) is 2.80. The van der Waals surface area contributed by atoms with E-state index in [1.165, 1.54) is 25.8 Å². The topological polar surface area (TPSA) is 20.3 Å². The van der Waals surface area contributed by atoms with Crippen LogP contribution in [0.3, 0.4) is 0 Å². The highest BCUT2D eigenvalue weighted by Gasteiger charge is 2.26. The zero-order valence-corrected chi connectivity index (χ0v) is 8.83. The maximum absolute atomic E-state index is 10.9. The van der Waals surface area contributed by atoms with E-state index in [0.29, 0.717) is 6.04 Å². The monoisotopic (exact) mass is 183 g/mol. The van der Waals surface area contributed by atoms with Gasteiger partial charge in [-0.05, 0) is 32.9 Å². The first kappa shape index (κ1) is 10.7. The molecule has 0 aromatic heterocycles. The molecule has 0 unspecified atom stereocenters. The number of likely N-dealkylation sites (tertiary alicyclic amines) is 1. The summed E-state index contributed by atoms with van der Waals surface area (Å²) in [5.74, 6) is 0.273. The van der Waals surface area contributed by atoms with Gasteiger partial charge in [-0.15, -0.1) is 0 Å². The molecule has 0 radical (unpaired) electrons. The Balaban J connectivity index is 2.49. The Hall–Kier alpha value is -0.370. The van der Waals surface area contributed by atoms with Gasteiger partial charge in [0.25, 0.3) is 0 Å². The molecular weight excluding hydrogens is 162 g/mol. The first-order chi connectivity index (χ1) is 6.29. The largest absolute Gasteiger partial charge is 0.303 e. The lowest BCUT2D eigenvalue weighted by atomic mass is 9.89. The number of hydrogen-bond donors (Lipinski definition) is 0. The van der Waals surface area contributed by atoms with E-state index in [4.69, 9.17) is 0 Å². The summed E-state index contributed by atoms with van der Waals surface area (Å²) in [5.41, 5.74) is 0. The molecular formula is C11H21NO. The van der Waals surface area contributed by atoms with Crippen LogP contribution in [0.5, 0.6) is 0 Å². The molecule has 1 fully saturated rings. The molecule has 2 nitrogen and oxygen atoms in total. The number of nitrogens with zero attached hydrogens (tertiary/aromatic N) is 1. The van der Waals surface area contributed by atoms with Gasteiger partial charge in [-0.3, -0.25) is 0 Å². The summed E-state index contributed by atoms with van der Waals surface area (Å²) in [6.45, 7) is 3.32. The molecule has 0 aliphatic carbocycles. The van der Waals surface area contributed by atoms with E-state index < -0.39 is 0 Å². The summed E-state index contributed by atoms with van der Waals surface area (Å²) >= 11 is 0. The van der Waals surface area contributed by atoms with Crippen molar-refractivity contribution in [1.82, 2.24) is 4.90 Å². The van der Waals surface area contributed by atoms with Crippen LogP contribution in [0.15, 0.2) is 0 Å². The van der Waals surface area contributed by atoms with Crippen LogP contribution in [0.1, 0.15) is 39.0 Å². The fraction of sp³-hybridized carbons (Fsp3) is 0.909. The molecule has 1 saturated heterocycles. The molecule has 1 heterocycles. The predicted molar refractivity (Wildman–Crippen MR) is 54.7 cm³/mol. The van der Waals surface area contributed by atoms with Gasteiger partial charge in [0, 0.05) is 12.0 Å². The van der Waals surface area contributed by atoms with Crippen molar-refractivity contribution in [1.29, 1.82) is 0 Å². The van der Waals surface area contributed by atoms with Gasteiger partial charge >= 0.3 is 0 Å². The number of aldehydes is 1. The summed E-state index contributed by atoms with van der Waals surface area (Å²) in [6, 6.07) is 0.520. The maximum Gasteiger partial charge on any atom is 0.124 e. The molecule has 0 saturated carbocycles. The Morgan fingerprint density at radius 2 is 2.31 bits per heavy atom. The van der Waals surface area contributed by atoms with E-state index in [2.05, 4.69) is 18.9 Å². The van der Waals surface area contributed by atoms with Gasteiger partial charge in [-0.2, -0.15) is 0 Å². The third-order valence-electron chi connectivity index (χ3n) is 3.12. The Morgan fingerprint density at radius 1 is 1.54 bits per heavy atom. The lowest BCUT2D eigenvalue weighted by Crippen LogP contribution is -2.42. The minimum absolute atomic E-state index is 0.273. The van der Waals surface area contributed by atoms with Crippen molar-refractivity contribution in [3.05, 3.63) is 0 Å². The van der Waals surface area contributed by atoms with Crippen molar-refractivity contribution < 1.29 is 4.79 Å². The zero-order chi connectivity index (χ0) is 9.68. The van der Waals surface area contributed by atoms with Crippen LogP contribution in [-0.4, -0.2) is 30.8 Å². The van der Waals surface area contributed by atoms with Crippen LogP contribution < -0.4 is 0 Å². The quantitative estimate of drug-likeness (QED) is 0.622. The second-order valence-electron chi connectivity index (χ2n) is 4.13. The Labute approximate surface area is 81.3 Å². The fourth-order valence-corrected chi connectivity index (χ4v) is 2.33. The molecule has 0 N–H and O–H groups in total. The first-order valence-electron chi connectivity index (χ1n) is 5.45. The molecule has 1 aliphatic heterocycles. The molecule has 0 aromatic rings. The predicted octanol–water partition coefficient (Wildman–Crippen LogP) is 2.09. The Bertz CT molecular complexity index is 158. The van der Waals surface area contributed by atoms with E-state index in [-0.39, 0.29) is 5.92 Å². The fourth-order valence-electron chi connectivity index (χ4n) is 2.33. The molecule has 0 bridgehead atoms. The highest BCUT2D eigenvalue weighted by molar-refractivity contribution is 5.54. The standard InChI is InChI=1S/C11H21NO/c1-3-6-10(9-13)11-7-4-5-8-12(11)2/h9-11H,3-8H2,1-2H3/t10-,11+/m0/s1. The summed E-state index contributed by atoms with van der Waals surface area (Å²) in [6.07, 6.45) is 7.13. The van der Waals surface area contributed by atoms with E-state index in [9.17, 15) is 4.79 Å². The van der Waals surface area contributed by atoms with Crippen molar-refractivity contribution in [2.24, 2.45) is 5.92 Å². The number of carbonyl (C=O) groups excluding carboxylic acids is 1. The zero-order valence-electron chi connectivity index (χ0n) is 8.83. The maximum atomic E-state index is 10.9. The molecule has 13 heavy (non-hydrogen) atoms. The smallest absolute Gasteiger partial charge is 0.124 e. The van der Waals surface area contributed by atoms with Gasteiger partial charge in [0.15, 0.2) is 0 Å². The van der Waals surface area contributed by atoms with Crippen molar-refractivity contribution in [2.75, 3.05) is 13.6 Å². The van der Waals surface area contributed by atoms with Crippen LogP contribution in [0.2, 0.25) is 0 Å². The molecule has 2 atom stereocenters. The van der Waals surface area contributed by atoms with Gasteiger partial charge < -0.3 is 9.69 Å². The van der Waals surface area contributed by atoms with Crippen LogP contribution in [-0.2, 0) is 4.79 Å². The highest BCUT2D eigenvalue weighted by atomic mass is 16.1. The van der Waals surface area contributed by atoms with Gasteiger partial charge in [-0.25, -0.2) is 0 Å². The van der Waals surface area contributed by atoms with Crippen molar-refractivity contribution >= 4 is 6.29 Å². The third-order valence-corrected chi connectivity index (χ3v) is 3.12. The second-order valence-corrected chi connectivity index (χ2v) is 4.13. The molecule has 1 aliphatic rings. The molecule has 0 aromatic carbocycles. The Kier molecular flexibility index (Phi) is 4.43. The summed E-state index contributed by atoms with van der Waals surface area (Å²) in [4.78, 5) is 13.3. The molecule has 2 heteroatoms. The van der Waals surface area contributed by atoms with Gasteiger partial charge in [-0.1, -0.05) is 19.8 Å². The lowest BCUT2D eigenvalue weighted by Gasteiger charge is -2.35. The molecule has 1 rings (SSSR count). The van der Waals surface area contributed by atoms with Crippen LogP contribution in [0, 0.1) is 5.92 Å². The summed E-state index contributed by atoms with van der Waals surface area (Å²) in [5, 5.41) is 0. The normalized spacial score (nSPS) is 27.1. The van der Waals surface area contributed by atoms with E-state index in [1.54, 1.807) is 0 Å². The Morgan fingerprint density at radius 3 is 2.85 bits per heavy atom. The first-order valence-corrected chi connectivity index (χ1v) is 5.45. The van der Waals surface area contributed by atoms with E-state index in [1.807, 2.05) is 0 Å². The second kappa shape index (κ2) is 5.38. The van der Waals surface area contributed by atoms with Crippen molar-refractivity contribution in [3.8, 4) is 0 Å². The lowest BCUT2D eigenvalue weighted by molar-refractivity contribution is -0.113. The SMILES string of the molecule is CCC[C@@H](C=O)[C@H]1CCCCN1C. The molecule has 0 spiro atoms. The summed E-state index contributed by atoms with van der Waals surface area (Å²) < 4.78 is 0. The average molecular weight is 183 g/mol. The van der Waals surface area contributed by atoms with Gasteiger partial charge in [0.1, 0.15) is 6.29 Å². The summed E-state index contributed by atoms with van der Waals surface area (Å²) in [7, 11) is 2.15. The van der Waals surface area contributed by atoms with Crippen molar-refractivity contribution in [2.45, 2.75) is 45.1 Å². The molecule has 0 amide bonds. The average Bonchev–Trinajstić information content (AvgIpc) is 2.16. The number of hydrogen-bond acceptors (Lipinski definition) is 2. The van der Waals surface area contributed by atoms with E-state index >= 15 is 0 Å². The minimum atomic E-state index is 0.273. The van der Waals surface area contributed by atoms with Crippen LogP contribution >= 0.6 is 0 Å². The molecule has 76 valence electrons. The highest BCUT2D eigenvalue weighted by Crippen LogP contribution is 2.23. The van der Waals surface area contributed by atoms with E-state index in [0.717, 1.165) is 19.1 Å². The minimum Gasteiger partial charge on any atom is -0.303 e. The number of rotatable bonds is 4. The van der Waals surface area contributed by atoms with Gasteiger partial charge in [0.2, 0.25) is 0 Å². The van der Waals surface area contributed by atoms with Gasteiger partial charge in [0.05, 0.1) is 0 Å². The number of piperidine rings is 1. The van der Waals surface area contributed by atoms with Crippen LogP contribution in [0.25, 0.3) is 0 Å². The van der Waals surface area contributed by atoms with Crippen LogP contribution in [0.4, 0.5) is 0 Å². The number of carbonyl (C=O) groups is 1. The van der Waals surface area contributed by atoms with Crippen molar-refractivity contribution in [3.63, 3.8) is 0 Å².